The minimum atomic E-state index is -0.473. The van der Waals surface area contributed by atoms with Crippen LogP contribution in [0.1, 0.15) is 24.2 Å². The molecule has 0 bridgehead atoms. The summed E-state index contributed by atoms with van der Waals surface area (Å²) < 4.78 is 15.6. The van der Waals surface area contributed by atoms with Crippen LogP contribution in [0.25, 0.3) is 27.5 Å². The van der Waals surface area contributed by atoms with Crippen molar-refractivity contribution < 1.29 is 4.39 Å². The second kappa shape index (κ2) is 8.58. The number of halogens is 2. The van der Waals surface area contributed by atoms with Crippen LogP contribution in [-0.4, -0.2) is 14.5 Å². The standard InChI is InChI=1S/C26H17ClFN5O/c1-15(32-24-17(13-29)14-31-21-9-4-10-30-25(21)24)22-11-16-5-2-8-20(27)23(16)26(34)33(22)19-7-3-6-18(28)12-19/h2-12,14-15H,1H3,(H,31,32)/t15-/m0/s1. The SMILES string of the molecule is C[C@H](Nc1c(C#N)cnc2cccnc12)c1cc2cccc(Cl)c2c(=O)n1-c1cccc(F)c1. The van der Waals surface area contributed by atoms with Gasteiger partial charge in [0.05, 0.1) is 38.9 Å². The molecule has 0 saturated heterocycles. The van der Waals surface area contributed by atoms with Crippen LogP contribution in [0, 0.1) is 17.1 Å². The molecule has 0 saturated carbocycles. The lowest BCUT2D eigenvalue weighted by atomic mass is 10.1. The lowest BCUT2D eigenvalue weighted by Crippen LogP contribution is -2.26. The molecule has 166 valence electrons. The van der Waals surface area contributed by atoms with Gasteiger partial charge >= 0.3 is 0 Å². The topological polar surface area (TPSA) is 83.6 Å². The van der Waals surface area contributed by atoms with E-state index in [4.69, 9.17) is 11.6 Å². The normalized spacial score (nSPS) is 11.9. The van der Waals surface area contributed by atoms with Crippen molar-refractivity contribution in [3.05, 3.63) is 106 Å². The van der Waals surface area contributed by atoms with Crippen molar-refractivity contribution in [3.63, 3.8) is 0 Å². The van der Waals surface area contributed by atoms with Crippen LogP contribution in [0.2, 0.25) is 5.02 Å². The van der Waals surface area contributed by atoms with E-state index < -0.39 is 11.9 Å². The van der Waals surface area contributed by atoms with Crippen molar-refractivity contribution in [3.8, 4) is 11.8 Å². The first-order chi connectivity index (χ1) is 16.5. The average molecular weight is 470 g/mol. The average Bonchev–Trinajstić information content (AvgIpc) is 2.84. The molecule has 0 spiro atoms. The summed E-state index contributed by atoms with van der Waals surface area (Å²) in [5, 5.41) is 14.3. The van der Waals surface area contributed by atoms with Crippen molar-refractivity contribution in [1.29, 1.82) is 5.26 Å². The van der Waals surface area contributed by atoms with Gasteiger partial charge in [-0.1, -0.05) is 29.8 Å². The Bertz CT molecular complexity index is 1670. The molecule has 3 heterocycles. The van der Waals surface area contributed by atoms with E-state index in [1.807, 2.05) is 13.0 Å². The summed E-state index contributed by atoms with van der Waals surface area (Å²) in [6.07, 6.45) is 3.11. The molecule has 0 amide bonds. The highest BCUT2D eigenvalue weighted by molar-refractivity contribution is 6.35. The molecule has 0 aliphatic carbocycles. The van der Waals surface area contributed by atoms with Gasteiger partial charge in [0.1, 0.15) is 17.4 Å². The Morgan fingerprint density at radius 2 is 1.94 bits per heavy atom. The van der Waals surface area contributed by atoms with Gasteiger partial charge in [0.2, 0.25) is 0 Å². The van der Waals surface area contributed by atoms with E-state index in [-0.39, 0.29) is 5.56 Å². The highest BCUT2D eigenvalue weighted by Gasteiger charge is 2.20. The third kappa shape index (κ3) is 3.64. The number of anilines is 1. The third-order valence-electron chi connectivity index (χ3n) is 5.64. The predicted octanol–water partition coefficient (Wildman–Crippen LogP) is 5.77. The maximum Gasteiger partial charge on any atom is 0.264 e. The van der Waals surface area contributed by atoms with Crippen LogP contribution in [-0.2, 0) is 0 Å². The van der Waals surface area contributed by atoms with Gasteiger partial charge in [-0.05, 0) is 54.8 Å². The zero-order valence-electron chi connectivity index (χ0n) is 18.0. The summed E-state index contributed by atoms with van der Waals surface area (Å²) in [5.41, 5.74) is 2.56. The maximum absolute atomic E-state index is 14.1. The summed E-state index contributed by atoms with van der Waals surface area (Å²) in [6, 6.07) is 18.1. The molecule has 2 aromatic carbocycles. The fourth-order valence-electron chi connectivity index (χ4n) is 4.08. The van der Waals surface area contributed by atoms with Gasteiger partial charge in [-0.25, -0.2) is 4.39 Å². The number of pyridine rings is 3. The molecule has 0 unspecified atom stereocenters. The third-order valence-corrected chi connectivity index (χ3v) is 5.96. The number of aromatic nitrogens is 3. The molecule has 5 rings (SSSR count). The minimum absolute atomic E-state index is 0.316. The van der Waals surface area contributed by atoms with Crippen molar-refractivity contribution in [1.82, 2.24) is 14.5 Å². The van der Waals surface area contributed by atoms with E-state index in [9.17, 15) is 14.4 Å². The lowest BCUT2D eigenvalue weighted by molar-refractivity contribution is 0.625. The number of nitrogens with one attached hydrogen (secondary N) is 1. The molecular weight excluding hydrogens is 453 g/mol. The molecule has 1 atom stereocenters. The van der Waals surface area contributed by atoms with Gasteiger partial charge in [0, 0.05) is 18.1 Å². The van der Waals surface area contributed by atoms with E-state index >= 15 is 0 Å². The number of rotatable bonds is 4. The molecule has 5 aromatic rings. The number of nitriles is 1. The Hall–Kier alpha value is -4.28. The Morgan fingerprint density at radius 3 is 2.74 bits per heavy atom. The first-order valence-corrected chi connectivity index (χ1v) is 10.9. The Kier molecular flexibility index (Phi) is 5.44. The van der Waals surface area contributed by atoms with E-state index in [0.717, 1.165) is 0 Å². The summed E-state index contributed by atoms with van der Waals surface area (Å²) in [7, 11) is 0. The van der Waals surface area contributed by atoms with Gasteiger partial charge in [0.15, 0.2) is 0 Å². The van der Waals surface area contributed by atoms with E-state index in [2.05, 4.69) is 21.4 Å². The zero-order chi connectivity index (χ0) is 23.8. The van der Waals surface area contributed by atoms with Gasteiger partial charge in [-0.15, -0.1) is 0 Å². The molecule has 1 N–H and O–H groups in total. The highest BCUT2D eigenvalue weighted by Crippen LogP contribution is 2.30. The van der Waals surface area contributed by atoms with Crippen molar-refractivity contribution in [2.75, 3.05) is 5.32 Å². The largest absolute Gasteiger partial charge is 0.374 e. The second-order valence-corrected chi connectivity index (χ2v) is 8.20. The van der Waals surface area contributed by atoms with Crippen molar-refractivity contribution in [2.45, 2.75) is 13.0 Å². The monoisotopic (exact) mass is 469 g/mol. The summed E-state index contributed by atoms with van der Waals surface area (Å²) in [4.78, 5) is 22.3. The van der Waals surface area contributed by atoms with Gasteiger partial charge in [-0.2, -0.15) is 5.26 Å². The fourth-order valence-corrected chi connectivity index (χ4v) is 4.34. The van der Waals surface area contributed by atoms with Crippen molar-refractivity contribution >= 4 is 39.1 Å². The van der Waals surface area contributed by atoms with Crippen LogP contribution in [0.3, 0.4) is 0 Å². The molecule has 8 heteroatoms. The van der Waals surface area contributed by atoms with Gasteiger partial charge in [-0.3, -0.25) is 19.3 Å². The molecule has 0 aliphatic rings. The molecule has 0 aliphatic heterocycles. The molecule has 6 nitrogen and oxygen atoms in total. The number of nitrogens with zero attached hydrogens (tertiary/aromatic N) is 4. The van der Waals surface area contributed by atoms with Crippen LogP contribution >= 0.6 is 11.6 Å². The first kappa shape index (κ1) is 21.6. The highest BCUT2D eigenvalue weighted by atomic mass is 35.5. The van der Waals surface area contributed by atoms with Gasteiger partial charge in [0.25, 0.3) is 5.56 Å². The first-order valence-electron chi connectivity index (χ1n) is 10.5. The smallest absolute Gasteiger partial charge is 0.264 e. The second-order valence-electron chi connectivity index (χ2n) is 7.79. The number of fused-ring (bicyclic) bond motifs is 2. The maximum atomic E-state index is 14.1. The molecule has 0 radical (unpaired) electrons. The van der Waals surface area contributed by atoms with E-state index in [0.29, 0.717) is 49.5 Å². The lowest BCUT2D eigenvalue weighted by Gasteiger charge is -2.23. The minimum Gasteiger partial charge on any atom is -0.374 e. The summed E-state index contributed by atoms with van der Waals surface area (Å²) in [5.74, 6) is -0.466. The zero-order valence-corrected chi connectivity index (χ0v) is 18.7. The molecule has 3 aromatic heterocycles. The Morgan fingerprint density at radius 1 is 1.12 bits per heavy atom. The van der Waals surface area contributed by atoms with E-state index in [1.54, 1.807) is 48.7 Å². The van der Waals surface area contributed by atoms with Crippen molar-refractivity contribution in [2.24, 2.45) is 0 Å². The number of hydrogen-bond acceptors (Lipinski definition) is 5. The summed E-state index contributed by atoms with van der Waals surface area (Å²) in [6.45, 7) is 1.86. The van der Waals surface area contributed by atoms with Crippen LogP contribution in [0.5, 0.6) is 0 Å². The molecule has 0 fully saturated rings. The Balaban J connectivity index is 1.75. The van der Waals surface area contributed by atoms with E-state index in [1.165, 1.54) is 22.9 Å². The van der Waals surface area contributed by atoms with Crippen LogP contribution < -0.4 is 10.9 Å². The number of benzene rings is 2. The molecule has 34 heavy (non-hydrogen) atoms. The Labute approximate surface area is 198 Å². The fraction of sp³-hybridized carbons (Fsp3) is 0.0769. The van der Waals surface area contributed by atoms with Crippen LogP contribution in [0.15, 0.2) is 77.9 Å². The summed E-state index contributed by atoms with van der Waals surface area (Å²) >= 11 is 6.37. The quantitative estimate of drug-likeness (QED) is 0.361. The molecular formula is C26H17ClFN5O. The van der Waals surface area contributed by atoms with Crippen LogP contribution in [0.4, 0.5) is 10.1 Å². The van der Waals surface area contributed by atoms with Gasteiger partial charge < -0.3 is 5.32 Å². The number of hydrogen-bond donors (Lipinski definition) is 1. The predicted molar refractivity (Wildman–Crippen MR) is 131 cm³/mol.